The molecule has 7 heteroatoms. The summed E-state index contributed by atoms with van der Waals surface area (Å²) in [5.41, 5.74) is 2.20. The molecular formula is C21H29N3O3S. The molecule has 0 aliphatic carbocycles. The molecule has 1 aromatic carbocycles. The van der Waals surface area contributed by atoms with Crippen molar-refractivity contribution in [3.8, 4) is 0 Å². The normalized spacial score (nSPS) is 14.9. The van der Waals surface area contributed by atoms with Gasteiger partial charge in [-0.15, -0.1) is 0 Å². The number of rotatable bonds is 5. The summed E-state index contributed by atoms with van der Waals surface area (Å²) in [6.45, 7) is 7.05. The number of para-hydroxylation sites is 1. The minimum Gasteiger partial charge on any atom is -0.350 e. The summed E-state index contributed by atoms with van der Waals surface area (Å²) in [6.07, 6.45) is 3.03. The maximum absolute atomic E-state index is 13.7. The van der Waals surface area contributed by atoms with Crippen LogP contribution in [0.3, 0.4) is 0 Å². The molecule has 2 heterocycles. The van der Waals surface area contributed by atoms with E-state index in [2.05, 4.69) is 0 Å². The van der Waals surface area contributed by atoms with Crippen molar-refractivity contribution in [3.63, 3.8) is 0 Å². The topological polar surface area (TPSA) is 62.6 Å². The Morgan fingerprint density at radius 1 is 1.04 bits per heavy atom. The Labute approximate surface area is 167 Å². The molecule has 6 nitrogen and oxygen atoms in total. The Hall–Kier alpha value is -2.28. The lowest BCUT2D eigenvalue weighted by molar-refractivity contribution is 0.0720. The van der Waals surface area contributed by atoms with Crippen LogP contribution in [0, 0.1) is 13.8 Å². The van der Waals surface area contributed by atoms with Crippen molar-refractivity contribution in [2.75, 3.05) is 23.9 Å². The zero-order valence-corrected chi connectivity index (χ0v) is 17.9. The zero-order chi connectivity index (χ0) is 20.5. The van der Waals surface area contributed by atoms with E-state index in [1.54, 1.807) is 24.0 Å². The minimum absolute atomic E-state index is 0.133. The van der Waals surface area contributed by atoms with E-state index in [1.165, 1.54) is 4.31 Å². The highest BCUT2D eigenvalue weighted by Gasteiger charge is 2.36. The number of amides is 1. The van der Waals surface area contributed by atoms with Crippen molar-refractivity contribution in [1.82, 2.24) is 9.47 Å². The predicted molar refractivity (Wildman–Crippen MR) is 111 cm³/mol. The molecular weight excluding hydrogens is 374 g/mol. The van der Waals surface area contributed by atoms with Gasteiger partial charge < -0.3 is 9.47 Å². The highest BCUT2D eigenvalue weighted by Crippen LogP contribution is 2.32. The Kier molecular flexibility index (Phi) is 5.84. The number of benzene rings is 1. The van der Waals surface area contributed by atoms with E-state index in [4.69, 9.17) is 0 Å². The Morgan fingerprint density at radius 2 is 1.64 bits per heavy atom. The smallest absolute Gasteiger partial charge is 0.266 e. The molecule has 1 aliphatic heterocycles. The van der Waals surface area contributed by atoms with E-state index >= 15 is 0 Å². The summed E-state index contributed by atoms with van der Waals surface area (Å²) in [6, 6.07) is 9.04. The first-order valence-electron chi connectivity index (χ1n) is 9.83. The van der Waals surface area contributed by atoms with Crippen molar-refractivity contribution in [1.29, 1.82) is 0 Å². The van der Waals surface area contributed by atoms with Gasteiger partial charge in [0.15, 0.2) is 0 Å². The number of anilines is 1. The molecule has 28 heavy (non-hydrogen) atoms. The second-order valence-electron chi connectivity index (χ2n) is 7.29. The Morgan fingerprint density at radius 3 is 2.21 bits per heavy atom. The van der Waals surface area contributed by atoms with E-state index in [0.29, 0.717) is 35.7 Å². The number of sulfonamides is 1. The molecule has 152 valence electrons. The second-order valence-corrected chi connectivity index (χ2v) is 9.09. The number of likely N-dealkylation sites (tertiary alicyclic amines) is 1. The average molecular weight is 404 g/mol. The minimum atomic E-state index is -3.89. The molecule has 0 bridgehead atoms. The number of aromatic nitrogens is 1. The first-order valence-corrected chi connectivity index (χ1v) is 11.3. The maximum Gasteiger partial charge on any atom is 0.266 e. The third-order valence-electron chi connectivity index (χ3n) is 5.66. The molecule has 3 rings (SSSR count). The van der Waals surface area contributed by atoms with Crippen LogP contribution < -0.4 is 4.31 Å². The van der Waals surface area contributed by atoms with Crippen LogP contribution in [0.4, 0.5) is 5.69 Å². The van der Waals surface area contributed by atoms with Crippen LogP contribution in [0.25, 0.3) is 0 Å². The van der Waals surface area contributed by atoms with Gasteiger partial charge >= 0.3 is 0 Å². The third-order valence-corrected chi connectivity index (χ3v) is 7.73. The number of carbonyl (C=O) groups is 1. The predicted octanol–water partition coefficient (Wildman–Crippen LogP) is 3.48. The Balaban J connectivity index is 2.15. The van der Waals surface area contributed by atoms with Gasteiger partial charge in [-0.3, -0.25) is 9.10 Å². The van der Waals surface area contributed by atoms with Gasteiger partial charge in [0.25, 0.3) is 15.9 Å². The maximum atomic E-state index is 13.7. The first-order chi connectivity index (χ1) is 13.3. The molecule has 1 saturated heterocycles. The lowest BCUT2D eigenvalue weighted by atomic mass is 10.1. The number of hydrogen-bond acceptors (Lipinski definition) is 3. The third kappa shape index (κ3) is 3.43. The SMILES string of the molecule is CCN(c1ccccc1)S(=O)(=O)c1c(C(=O)N2CCCCC2)c(C)n(C)c1C. The van der Waals surface area contributed by atoms with E-state index in [9.17, 15) is 13.2 Å². The number of carbonyl (C=O) groups excluding carboxylic acids is 1. The lowest BCUT2D eigenvalue weighted by Gasteiger charge is -2.28. The molecule has 0 N–H and O–H groups in total. The van der Waals surface area contributed by atoms with Gasteiger partial charge in [-0.1, -0.05) is 18.2 Å². The number of nitrogens with zero attached hydrogens (tertiary/aromatic N) is 3. The fourth-order valence-corrected chi connectivity index (χ4v) is 5.90. The fourth-order valence-electron chi connectivity index (χ4n) is 3.94. The highest BCUT2D eigenvalue weighted by atomic mass is 32.2. The molecule has 1 aromatic heterocycles. The molecule has 0 saturated carbocycles. The fraction of sp³-hybridized carbons (Fsp3) is 0.476. The molecule has 0 spiro atoms. The summed E-state index contributed by atoms with van der Waals surface area (Å²) in [5.74, 6) is -0.177. The molecule has 1 amide bonds. The largest absolute Gasteiger partial charge is 0.350 e. The van der Waals surface area contributed by atoms with Crippen LogP contribution in [-0.2, 0) is 17.1 Å². The van der Waals surface area contributed by atoms with Gasteiger partial charge in [0.1, 0.15) is 4.90 Å². The van der Waals surface area contributed by atoms with Gasteiger partial charge in [0.2, 0.25) is 0 Å². The van der Waals surface area contributed by atoms with E-state index in [1.807, 2.05) is 43.7 Å². The van der Waals surface area contributed by atoms with Crippen LogP contribution in [-0.4, -0.2) is 43.4 Å². The molecule has 1 aliphatic rings. The van der Waals surface area contributed by atoms with Gasteiger partial charge in [0.05, 0.1) is 11.3 Å². The van der Waals surface area contributed by atoms with Gasteiger partial charge in [-0.25, -0.2) is 8.42 Å². The monoisotopic (exact) mass is 403 g/mol. The standard InChI is InChI=1S/C21H29N3O3S/c1-5-24(18-12-8-6-9-13-18)28(26,27)20-17(3)22(4)16(2)19(20)21(25)23-14-10-7-11-15-23/h6,8-9,12-13H,5,7,10-11,14-15H2,1-4H3. The number of hydrogen-bond donors (Lipinski definition) is 0. The van der Waals surface area contributed by atoms with Crippen LogP contribution in [0.5, 0.6) is 0 Å². The van der Waals surface area contributed by atoms with Crippen molar-refractivity contribution >= 4 is 21.6 Å². The van der Waals surface area contributed by atoms with Crippen LogP contribution in [0.15, 0.2) is 35.2 Å². The van der Waals surface area contributed by atoms with Crippen LogP contribution in [0.1, 0.15) is 47.9 Å². The van der Waals surface area contributed by atoms with Gasteiger partial charge in [-0.2, -0.15) is 0 Å². The van der Waals surface area contributed by atoms with Crippen molar-refractivity contribution < 1.29 is 13.2 Å². The zero-order valence-electron chi connectivity index (χ0n) is 17.1. The van der Waals surface area contributed by atoms with Gasteiger partial charge in [-0.05, 0) is 52.2 Å². The van der Waals surface area contributed by atoms with Crippen LogP contribution in [0.2, 0.25) is 0 Å². The van der Waals surface area contributed by atoms with Gasteiger partial charge in [0, 0.05) is 38.1 Å². The average Bonchev–Trinajstić information content (AvgIpc) is 2.94. The van der Waals surface area contributed by atoms with Crippen LogP contribution >= 0.6 is 0 Å². The summed E-state index contributed by atoms with van der Waals surface area (Å²) >= 11 is 0. The Bertz CT molecular complexity index is 959. The van der Waals surface area contributed by atoms with E-state index in [0.717, 1.165) is 19.3 Å². The summed E-state index contributed by atoms with van der Waals surface area (Å²) < 4.78 is 30.6. The molecule has 2 aromatic rings. The van der Waals surface area contributed by atoms with Crippen molar-refractivity contribution in [2.24, 2.45) is 7.05 Å². The molecule has 1 fully saturated rings. The van der Waals surface area contributed by atoms with E-state index in [-0.39, 0.29) is 17.3 Å². The lowest BCUT2D eigenvalue weighted by Crippen LogP contribution is -2.38. The summed E-state index contributed by atoms with van der Waals surface area (Å²) in [7, 11) is -2.07. The molecule has 0 radical (unpaired) electrons. The van der Waals surface area contributed by atoms with Crippen molar-refractivity contribution in [2.45, 2.75) is 44.9 Å². The summed E-state index contributed by atoms with van der Waals surface area (Å²) in [5, 5.41) is 0. The quantitative estimate of drug-likeness (QED) is 0.768. The van der Waals surface area contributed by atoms with Crippen molar-refractivity contribution in [3.05, 3.63) is 47.3 Å². The molecule has 0 atom stereocenters. The summed E-state index contributed by atoms with van der Waals surface area (Å²) in [4.78, 5) is 15.3. The van der Waals surface area contributed by atoms with E-state index < -0.39 is 10.0 Å². The second kappa shape index (κ2) is 7.99. The molecule has 0 unspecified atom stereocenters. The highest BCUT2D eigenvalue weighted by molar-refractivity contribution is 7.93. The first kappa shape index (κ1) is 20.5. The number of piperidine rings is 1.